The Morgan fingerprint density at radius 3 is 2.06 bits per heavy atom. The molecule has 2 aromatic carbocycles. The second-order valence-electron chi connectivity index (χ2n) is 7.17. The van der Waals surface area contributed by atoms with E-state index in [1.807, 2.05) is 0 Å². The number of nitrogens with zero attached hydrogens (tertiary/aromatic N) is 2. The number of rotatable bonds is 6. The van der Waals surface area contributed by atoms with Gasteiger partial charge in [-0.3, -0.25) is 9.69 Å². The van der Waals surface area contributed by atoms with Crippen molar-refractivity contribution in [1.82, 2.24) is 15.1 Å². The van der Waals surface area contributed by atoms with Crippen molar-refractivity contribution in [2.75, 3.05) is 26.2 Å². The van der Waals surface area contributed by atoms with Crippen LogP contribution in [0, 0.1) is 0 Å². The van der Waals surface area contributed by atoms with Gasteiger partial charge in [-0.1, -0.05) is 24.3 Å². The molecule has 1 aliphatic heterocycles. The Morgan fingerprint density at radius 2 is 1.52 bits per heavy atom. The van der Waals surface area contributed by atoms with Gasteiger partial charge < -0.3 is 20.7 Å². The first-order valence-electron chi connectivity index (χ1n) is 9.68. The number of hydrogen-bond donors (Lipinski definition) is 2. The van der Waals surface area contributed by atoms with E-state index in [0.717, 1.165) is 11.1 Å². The van der Waals surface area contributed by atoms with Crippen molar-refractivity contribution in [2.24, 2.45) is 5.73 Å². The van der Waals surface area contributed by atoms with E-state index in [0.29, 0.717) is 44.8 Å². The molecule has 10 heteroatoms. The van der Waals surface area contributed by atoms with Crippen LogP contribution in [0.2, 0.25) is 0 Å². The zero-order valence-corrected chi connectivity index (χ0v) is 16.7. The Bertz CT molecular complexity index is 894. The van der Waals surface area contributed by atoms with Crippen LogP contribution < -0.4 is 15.8 Å². The molecule has 2 aromatic rings. The van der Waals surface area contributed by atoms with Crippen molar-refractivity contribution in [2.45, 2.75) is 19.5 Å². The van der Waals surface area contributed by atoms with Gasteiger partial charge in [0.25, 0.3) is 5.91 Å². The second-order valence-corrected chi connectivity index (χ2v) is 7.17. The molecule has 0 aromatic heterocycles. The van der Waals surface area contributed by atoms with E-state index in [1.165, 1.54) is 12.1 Å². The fourth-order valence-corrected chi connectivity index (χ4v) is 3.30. The Balaban J connectivity index is 1.47. The van der Waals surface area contributed by atoms with E-state index in [9.17, 15) is 22.8 Å². The molecule has 0 unspecified atom stereocenters. The summed E-state index contributed by atoms with van der Waals surface area (Å²) in [6, 6.07) is 12.2. The molecule has 3 amide bonds. The van der Waals surface area contributed by atoms with Crippen LogP contribution in [0.25, 0.3) is 0 Å². The third kappa shape index (κ3) is 6.88. The molecule has 1 aliphatic rings. The molecule has 0 bridgehead atoms. The van der Waals surface area contributed by atoms with Gasteiger partial charge in [-0.05, 0) is 35.4 Å². The first kappa shape index (κ1) is 22.4. The normalized spacial score (nSPS) is 14.9. The lowest BCUT2D eigenvalue weighted by molar-refractivity contribution is -0.274. The number of hydrogen-bond acceptors (Lipinski definition) is 4. The van der Waals surface area contributed by atoms with Gasteiger partial charge in [0.15, 0.2) is 0 Å². The lowest BCUT2D eigenvalue weighted by Crippen LogP contribution is -2.48. The lowest BCUT2D eigenvalue weighted by atomic mass is 10.1. The third-order valence-electron chi connectivity index (χ3n) is 4.89. The van der Waals surface area contributed by atoms with E-state index < -0.39 is 12.4 Å². The Labute approximate surface area is 177 Å². The van der Waals surface area contributed by atoms with Crippen LogP contribution >= 0.6 is 0 Å². The molecule has 0 aliphatic carbocycles. The van der Waals surface area contributed by atoms with Gasteiger partial charge in [-0.25, -0.2) is 4.79 Å². The highest BCUT2D eigenvalue weighted by Crippen LogP contribution is 2.23. The average Bonchev–Trinajstić information content (AvgIpc) is 2.73. The van der Waals surface area contributed by atoms with E-state index in [-0.39, 0.29) is 11.7 Å². The smallest absolute Gasteiger partial charge is 0.406 e. The molecule has 1 saturated heterocycles. The number of carbonyl (C=O) groups is 2. The highest BCUT2D eigenvalue weighted by atomic mass is 19.4. The van der Waals surface area contributed by atoms with Gasteiger partial charge in [-0.15, -0.1) is 13.2 Å². The standard InChI is InChI=1S/C21H23F3N4O3/c22-21(23,24)31-18-7-3-16(4-8-18)14-27-9-11-28(12-10-27)19(29)17-5-1-15(2-6-17)13-26-20(25)30/h1-8H,9-14H2,(H3,25,26,30). The van der Waals surface area contributed by atoms with Crippen molar-refractivity contribution in [1.29, 1.82) is 0 Å². The van der Waals surface area contributed by atoms with Gasteiger partial charge >= 0.3 is 12.4 Å². The molecule has 31 heavy (non-hydrogen) atoms. The predicted molar refractivity (Wildman–Crippen MR) is 107 cm³/mol. The largest absolute Gasteiger partial charge is 0.573 e. The minimum Gasteiger partial charge on any atom is -0.406 e. The molecular formula is C21H23F3N4O3. The van der Waals surface area contributed by atoms with Crippen LogP contribution in [0.4, 0.5) is 18.0 Å². The number of primary amides is 1. The number of piperazine rings is 1. The molecule has 3 rings (SSSR count). The highest BCUT2D eigenvalue weighted by molar-refractivity contribution is 5.94. The van der Waals surface area contributed by atoms with Crippen LogP contribution in [0.15, 0.2) is 48.5 Å². The molecule has 1 heterocycles. The monoisotopic (exact) mass is 436 g/mol. The van der Waals surface area contributed by atoms with E-state index >= 15 is 0 Å². The van der Waals surface area contributed by atoms with Gasteiger partial charge in [-0.2, -0.15) is 0 Å². The summed E-state index contributed by atoms with van der Waals surface area (Å²) >= 11 is 0. The molecule has 0 saturated carbocycles. The minimum atomic E-state index is -4.70. The summed E-state index contributed by atoms with van der Waals surface area (Å²) in [5, 5.41) is 2.49. The SMILES string of the molecule is NC(=O)NCc1ccc(C(=O)N2CCN(Cc3ccc(OC(F)(F)F)cc3)CC2)cc1. The number of carbonyl (C=O) groups excluding carboxylic acids is 2. The molecule has 0 atom stereocenters. The summed E-state index contributed by atoms with van der Waals surface area (Å²) in [7, 11) is 0. The first-order chi connectivity index (χ1) is 14.7. The fourth-order valence-electron chi connectivity index (χ4n) is 3.30. The summed E-state index contributed by atoms with van der Waals surface area (Å²) in [6.07, 6.45) is -4.70. The van der Waals surface area contributed by atoms with Crippen LogP contribution in [0.3, 0.4) is 0 Å². The van der Waals surface area contributed by atoms with Crippen LogP contribution in [0.1, 0.15) is 21.5 Å². The molecule has 3 N–H and O–H groups in total. The van der Waals surface area contributed by atoms with Crippen molar-refractivity contribution in [3.8, 4) is 5.75 Å². The maximum absolute atomic E-state index is 12.7. The Hall–Kier alpha value is -3.27. The highest BCUT2D eigenvalue weighted by Gasteiger charge is 2.31. The summed E-state index contributed by atoms with van der Waals surface area (Å²) in [5.74, 6) is -0.314. The Kier molecular flexibility index (Phi) is 7.01. The zero-order valence-electron chi connectivity index (χ0n) is 16.7. The maximum Gasteiger partial charge on any atom is 0.573 e. The van der Waals surface area contributed by atoms with E-state index in [1.54, 1.807) is 41.3 Å². The van der Waals surface area contributed by atoms with Gasteiger partial charge in [0.2, 0.25) is 0 Å². The van der Waals surface area contributed by atoms with E-state index in [4.69, 9.17) is 5.73 Å². The maximum atomic E-state index is 12.7. The van der Waals surface area contributed by atoms with Gasteiger partial charge in [0.05, 0.1) is 0 Å². The first-order valence-corrected chi connectivity index (χ1v) is 9.68. The average molecular weight is 436 g/mol. The number of benzene rings is 2. The van der Waals surface area contributed by atoms with Crippen molar-refractivity contribution in [3.63, 3.8) is 0 Å². The second kappa shape index (κ2) is 9.69. The number of amides is 3. The number of nitrogens with two attached hydrogens (primary N) is 1. The lowest BCUT2D eigenvalue weighted by Gasteiger charge is -2.34. The number of alkyl halides is 3. The summed E-state index contributed by atoms with van der Waals surface area (Å²) in [6.45, 7) is 3.31. The molecule has 0 radical (unpaired) electrons. The molecule has 0 spiro atoms. The topological polar surface area (TPSA) is 87.9 Å². The van der Waals surface area contributed by atoms with Gasteiger partial charge in [0, 0.05) is 44.8 Å². The zero-order chi connectivity index (χ0) is 22.4. The molecule has 1 fully saturated rings. The molecule has 7 nitrogen and oxygen atoms in total. The Morgan fingerprint density at radius 1 is 0.935 bits per heavy atom. The predicted octanol–water partition coefficient (Wildman–Crippen LogP) is 2.71. The third-order valence-corrected chi connectivity index (χ3v) is 4.89. The van der Waals surface area contributed by atoms with Crippen molar-refractivity contribution < 1.29 is 27.5 Å². The summed E-state index contributed by atoms with van der Waals surface area (Å²) in [5.41, 5.74) is 7.32. The molecule has 166 valence electrons. The van der Waals surface area contributed by atoms with E-state index in [2.05, 4.69) is 15.0 Å². The number of halogens is 3. The van der Waals surface area contributed by atoms with Crippen LogP contribution in [0.5, 0.6) is 5.75 Å². The summed E-state index contributed by atoms with van der Waals surface area (Å²) in [4.78, 5) is 27.4. The van der Waals surface area contributed by atoms with Gasteiger partial charge in [0.1, 0.15) is 5.75 Å². The number of urea groups is 1. The minimum absolute atomic E-state index is 0.0669. The number of nitrogens with one attached hydrogen (secondary N) is 1. The summed E-state index contributed by atoms with van der Waals surface area (Å²) < 4.78 is 40.6. The molecular weight excluding hydrogens is 413 g/mol. The van der Waals surface area contributed by atoms with Crippen molar-refractivity contribution >= 4 is 11.9 Å². The van der Waals surface area contributed by atoms with Crippen LogP contribution in [-0.2, 0) is 13.1 Å². The van der Waals surface area contributed by atoms with Crippen molar-refractivity contribution in [3.05, 3.63) is 65.2 Å². The quantitative estimate of drug-likeness (QED) is 0.729. The fraction of sp³-hybridized carbons (Fsp3) is 0.333. The van der Waals surface area contributed by atoms with Crippen LogP contribution in [-0.4, -0.2) is 54.3 Å². The number of ether oxygens (including phenoxy) is 1.